The third-order valence-corrected chi connectivity index (χ3v) is 3.16. The van der Waals surface area contributed by atoms with Gasteiger partial charge < -0.3 is 5.32 Å². The summed E-state index contributed by atoms with van der Waals surface area (Å²) >= 11 is 3.46. The Balaban J connectivity index is 2.07. The molecule has 18 heavy (non-hydrogen) atoms. The SMILES string of the molecule is Cc1ccc(Br)cc1CNc1ccc(C#N)cn1. The van der Waals surface area contributed by atoms with E-state index in [0.29, 0.717) is 12.1 Å². The lowest BCUT2D eigenvalue weighted by atomic mass is 10.1. The zero-order valence-electron chi connectivity index (χ0n) is 9.94. The van der Waals surface area contributed by atoms with Crippen molar-refractivity contribution in [1.29, 1.82) is 5.26 Å². The van der Waals surface area contributed by atoms with Crippen LogP contribution in [0, 0.1) is 18.3 Å². The van der Waals surface area contributed by atoms with Crippen molar-refractivity contribution in [1.82, 2.24) is 4.98 Å². The molecule has 0 saturated heterocycles. The lowest BCUT2D eigenvalue weighted by molar-refractivity contribution is 1.09. The number of rotatable bonds is 3. The van der Waals surface area contributed by atoms with Crippen molar-refractivity contribution >= 4 is 21.7 Å². The van der Waals surface area contributed by atoms with Crippen LogP contribution in [-0.4, -0.2) is 4.98 Å². The normalized spacial score (nSPS) is 9.83. The first-order chi connectivity index (χ1) is 8.69. The van der Waals surface area contributed by atoms with E-state index in [-0.39, 0.29) is 0 Å². The molecule has 90 valence electrons. The number of halogens is 1. The fraction of sp³-hybridized carbons (Fsp3) is 0.143. The summed E-state index contributed by atoms with van der Waals surface area (Å²) in [5, 5.41) is 11.9. The van der Waals surface area contributed by atoms with Crippen LogP contribution < -0.4 is 5.32 Å². The van der Waals surface area contributed by atoms with Crippen LogP contribution in [0.2, 0.25) is 0 Å². The minimum atomic E-state index is 0.569. The number of aromatic nitrogens is 1. The summed E-state index contributed by atoms with van der Waals surface area (Å²) < 4.78 is 1.07. The molecule has 1 aromatic heterocycles. The Labute approximate surface area is 115 Å². The number of hydrogen-bond acceptors (Lipinski definition) is 3. The zero-order valence-corrected chi connectivity index (χ0v) is 11.5. The van der Waals surface area contributed by atoms with Gasteiger partial charge in [0.2, 0.25) is 0 Å². The second-order valence-corrected chi connectivity index (χ2v) is 4.88. The van der Waals surface area contributed by atoms with Crippen molar-refractivity contribution in [2.45, 2.75) is 13.5 Å². The molecule has 0 spiro atoms. The van der Waals surface area contributed by atoms with Gasteiger partial charge in [0.15, 0.2) is 0 Å². The summed E-state index contributed by atoms with van der Waals surface area (Å²) in [4.78, 5) is 4.17. The molecule has 4 heteroatoms. The second kappa shape index (κ2) is 5.65. The number of nitriles is 1. The Bertz CT molecular complexity index is 585. The predicted octanol–water partition coefficient (Wildman–Crippen LogP) is 3.64. The Morgan fingerprint density at radius 1 is 1.33 bits per heavy atom. The van der Waals surface area contributed by atoms with Gasteiger partial charge in [-0.3, -0.25) is 0 Å². The van der Waals surface area contributed by atoms with Gasteiger partial charge in [-0.1, -0.05) is 22.0 Å². The fourth-order valence-corrected chi connectivity index (χ4v) is 1.99. The van der Waals surface area contributed by atoms with Crippen LogP contribution in [0.4, 0.5) is 5.82 Å². The average Bonchev–Trinajstić information content (AvgIpc) is 2.40. The van der Waals surface area contributed by atoms with Gasteiger partial charge in [-0.25, -0.2) is 4.98 Å². The van der Waals surface area contributed by atoms with E-state index in [0.717, 1.165) is 10.3 Å². The van der Waals surface area contributed by atoms with Gasteiger partial charge in [-0.2, -0.15) is 5.26 Å². The first kappa shape index (κ1) is 12.6. The molecule has 0 saturated carbocycles. The Morgan fingerprint density at radius 3 is 2.83 bits per heavy atom. The summed E-state index contributed by atoms with van der Waals surface area (Å²) in [6.45, 7) is 2.79. The van der Waals surface area contributed by atoms with Gasteiger partial charge in [0.05, 0.1) is 5.56 Å². The van der Waals surface area contributed by atoms with Crippen LogP contribution in [0.3, 0.4) is 0 Å². The molecule has 1 heterocycles. The van der Waals surface area contributed by atoms with Crippen LogP contribution in [0.15, 0.2) is 41.0 Å². The Hall–Kier alpha value is -1.86. The summed E-state index contributed by atoms with van der Waals surface area (Å²) in [5.41, 5.74) is 3.02. The maximum absolute atomic E-state index is 8.69. The van der Waals surface area contributed by atoms with E-state index in [1.54, 1.807) is 12.3 Å². The van der Waals surface area contributed by atoms with E-state index >= 15 is 0 Å². The van der Waals surface area contributed by atoms with Gasteiger partial charge in [0.1, 0.15) is 11.9 Å². The first-order valence-corrected chi connectivity index (χ1v) is 6.33. The van der Waals surface area contributed by atoms with Crippen LogP contribution >= 0.6 is 15.9 Å². The highest BCUT2D eigenvalue weighted by atomic mass is 79.9. The lowest BCUT2D eigenvalue weighted by Crippen LogP contribution is -2.02. The van der Waals surface area contributed by atoms with E-state index in [1.165, 1.54) is 11.1 Å². The summed E-state index contributed by atoms with van der Waals surface area (Å²) in [5.74, 6) is 0.772. The fourth-order valence-electron chi connectivity index (χ4n) is 1.58. The van der Waals surface area contributed by atoms with Crippen molar-refractivity contribution in [2.75, 3.05) is 5.32 Å². The Morgan fingerprint density at radius 2 is 2.17 bits per heavy atom. The summed E-state index contributed by atoms with van der Waals surface area (Å²) in [6.07, 6.45) is 1.57. The topological polar surface area (TPSA) is 48.7 Å². The van der Waals surface area contributed by atoms with Crippen LogP contribution in [0.25, 0.3) is 0 Å². The molecule has 0 aliphatic carbocycles. The third kappa shape index (κ3) is 3.08. The van der Waals surface area contributed by atoms with E-state index in [9.17, 15) is 0 Å². The largest absolute Gasteiger partial charge is 0.366 e. The van der Waals surface area contributed by atoms with Gasteiger partial charge in [0.25, 0.3) is 0 Å². The van der Waals surface area contributed by atoms with Gasteiger partial charge in [-0.15, -0.1) is 0 Å². The maximum atomic E-state index is 8.69. The number of pyridine rings is 1. The highest BCUT2D eigenvalue weighted by molar-refractivity contribution is 9.10. The molecule has 0 aliphatic heterocycles. The number of nitrogens with zero attached hydrogens (tertiary/aromatic N) is 2. The quantitative estimate of drug-likeness (QED) is 0.941. The van der Waals surface area contributed by atoms with Crippen molar-refractivity contribution in [2.24, 2.45) is 0 Å². The van der Waals surface area contributed by atoms with Crippen LogP contribution in [0.5, 0.6) is 0 Å². The molecule has 2 aromatic rings. The lowest BCUT2D eigenvalue weighted by Gasteiger charge is -2.08. The molecule has 1 N–H and O–H groups in total. The molecule has 0 aliphatic rings. The molecule has 0 unspecified atom stereocenters. The molecule has 2 rings (SSSR count). The highest BCUT2D eigenvalue weighted by Crippen LogP contribution is 2.17. The van der Waals surface area contributed by atoms with Gasteiger partial charge in [0, 0.05) is 17.2 Å². The van der Waals surface area contributed by atoms with Gasteiger partial charge in [-0.05, 0) is 42.3 Å². The first-order valence-electron chi connectivity index (χ1n) is 5.54. The monoisotopic (exact) mass is 301 g/mol. The average molecular weight is 302 g/mol. The van der Waals surface area contributed by atoms with E-state index in [4.69, 9.17) is 5.26 Å². The standard InChI is InChI=1S/C14H12BrN3/c1-10-2-4-13(15)6-12(10)9-18-14-5-3-11(7-16)8-17-14/h2-6,8H,9H2,1H3,(H,17,18). The van der Waals surface area contributed by atoms with E-state index < -0.39 is 0 Å². The molecule has 1 aromatic carbocycles. The highest BCUT2D eigenvalue weighted by Gasteiger charge is 2.00. The Kier molecular flexibility index (Phi) is 3.96. The van der Waals surface area contributed by atoms with E-state index in [2.05, 4.69) is 45.3 Å². The minimum Gasteiger partial charge on any atom is -0.366 e. The smallest absolute Gasteiger partial charge is 0.126 e. The predicted molar refractivity (Wildman–Crippen MR) is 75.2 cm³/mol. The number of benzene rings is 1. The molecule has 0 fully saturated rings. The van der Waals surface area contributed by atoms with E-state index in [1.807, 2.05) is 18.2 Å². The molecule has 0 bridgehead atoms. The molecular weight excluding hydrogens is 290 g/mol. The number of nitrogens with one attached hydrogen (secondary N) is 1. The molecular formula is C14H12BrN3. The zero-order chi connectivity index (χ0) is 13.0. The molecule has 0 radical (unpaired) electrons. The van der Waals surface area contributed by atoms with Crippen molar-refractivity contribution in [3.05, 3.63) is 57.7 Å². The summed E-state index contributed by atoms with van der Waals surface area (Å²) in [7, 11) is 0. The third-order valence-electron chi connectivity index (χ3n) is 2.66. The molecule has 0 atom stereocenters. The minimum absolute atomic E-state index is 0.569. The number of anilines is 1. The van der Waals surface area contributed by atoms with Crippen LogP contribution in [0.1, 0.15) is 16.7 Å². The second-order valence-electron chi connectivity index (χ2n) is 3.97. The maximum Gasteiger partial charge on any atom is 0.126 e. The van der Waals surface area contributed by atoms with Crippen LogP contribution in [-0.2, 0) is 6.54 Å². The molecule has 0 amide bonds. The summed E-state index contributed by atoms with van der Waals surface area (Å²) in [6, 6.07) is 11.8. The number of hydrogen-bond donors (Lipinski definition) is 1. The number of aryl methyl sites for hydroxylation is 1. The molecule has 3 nitrogen and oxygen atoms in total. The van der Waals surface area contributed by atoms with Gasteiger partial charge >= 0.3 is 0 Å². The van der Waals surface area contributed by atoms with Crippen molar-refractivity contribution in [3.63, 3.8) is 0 Å². The van der Waals surface area contributed by atoms with Crippen molar-refractivity contribution in [3.8, 4) is 6.07 Å². The van der Waals surface area contributed by atoms with Crippen molar-refractivity contribution < 1.29 is 0 Å².